The molecule has 0 unspecified atom stereocenters. The van der Waals surface area contributed by atoms with Gasteiger partial charge in [-0.05, 0) is 6.92 Å². The van der Waals surface area contributed by atoms with E-state index in [2.05, 4.69) is 10.3 Å². The van der Waals surface area contributed by atoms with Gasteiger partial charge < -0.3 is 4.52 Å². The van der Waals surface area contributed by atoms with Crippen LogP contribution in [0.5, 0.6) is 0 Å². The first-order valence-electron chi connectivity index (χ1n) is 4.41. The van der Waals surface area contributed by atoms with E-state index in [1.807, 2.05) is 0 Å². The minimum atomic E-state index is -0.455. The molecule has 84 valence electrons. The molecule has 0 bridgehead atoms. The Morgan fingerprint density at radius 3 is 2.88 bits per heavy atom. The van der Waals surface area contributed by atoms with Crippen molar-refractivity contribution in [3.8, 4) is 0 Å². The first kappa shape index (κ1) is 11.2. The number of rotatable bonds is 2. The van der Waals surface area contributed by atoms with Crippen LogP contribution in [-0.4, -0.2) is 14.9 Å². The lowest BCUT2D eigenvalue weighted by atomic mass is 10.4. The number of nitrogens with zero attached hydrogens (tertiary/aromatic N) is 3. The summed E-state index contributed by atoms with van der Waals surface area (Å²) in [6, 6.07) is 1.72. The van der Waals surface area contributed by atoms with Crippen molar-refractivity contribution < 1.29 is 4.52 Å². The molecule has 0 aliphatic heterocycles. The van der Waals surface area contributed by atoms with Gasteiger partial charge in [0.15, 0.2) is 5.76 Å². The molecule has 0 atom stereocenters. The zero-order chi connectivity index (χ0) is 11.7. The van der Waals surface area contributed by atoms with Crippen molar-refractivity contribution in [3.05, 3.63) is 44.1 Å². The van der Waals surface area contributed by atoms with Crippen molar-refractivity contribution in [3.63, 3.8) is 0 Å². The van der Waals surface area contributed by atoms with Gasteiger partial charge in [-0.3, -0.25) is 4.79 Å². The van der Waals surface area contributed by atoms with Gasteiger partial charge in [-0.1, -0.05) is 28.4 Å². The fourth-order valence-corrected chi connectivity index (χ4v) is 1.47. The van der Waals surface area contributed by atoms with Gasteiger partial charge >= 0.3 is 0 Å². The van der Waals surface area contributed by atoms with Crippen LogP contribution in [0.25, 0.3) is 0 Å². The average molecular weight is 260 g/mol. The molecule has 16 heavy (non-hydrogen) atoms. The van der Waals surface area contributed by atoms with Crippen LogP contribution in [0.4, 0.5) is 0 Å². The first-order chi connectivity index (χ1) is 7.58. The largest absolute Gasteiger partial charge is 0.359 e. The van der Waals surface area contributed by atoms with E-state index in [-0.39, 0.29) is 16.6 Å². The molecule has 0 aromatic carbocycles. The summed E-state index contributed by atoms with van der Waals surface area (Å²) >= 11 is 11.4. The normalized spacial score (nSPS) is 10.7. The van der Waals surface area contributed by atoms with Crippen molar-refractivity contribution in [2.75, 3.05) is 0 Å². The second-order valence-corrected chi connectivity index (χ2v) is 3.99. The summed E-state index contributed by atoms with van der Waals surface area (Å²) < 4.78 is 6.13. The quantitative estimate of drug-likeness (QED) is 0.827. The van der Waals surface area contributed by atoms with Crippen LogP contribution in [-0.2, 0) is 6.54 Å². The molecule has 0 N–H and O–H groups in total. The SMILES string of the molecule is Cc1cc(Cn2ncc(Cl)c(Cl)c2=O)on1. The van der Waals surface area contributed by atoms with E-state index in [9.17, 15) is 4.79 Å². The van der Waals surface area contributed by atoms with Crippen molar-refractivity contribution in [2.45, 2.75) is 13.5 Å². The summed E-state index contributed by atoms with van der Waals surface area (Å²) in [5.74, 6) is 0.533. The predicted octanol–water partition coefficient (Wildman–Crippen LogP) is 1.89. The van der Waals surface area contributed by atoms with Crippen molar-refractivity contribution >= 4 is 23.2 Å². The molecule has 5 nitrogen and oxygen atoms in total. The third-order valence-electron chi connectivity index (χ3n) is 1.92. The van der Waals surface area contributed by atoms with Crippen LogP contribution in [0.15, 0.2) is 21.6 Å². The summed E-state index contributed by atoms with van der Waals surface area (Å²) in [4.78, 5) is 11.6. The highest BCUT2D eigenvalue weighted by molar-refractivity contribution is 6.41. The minimum absolute atomic E-state index is 0.0482. The van der Waals surface area contributed by atoms with Crippen LogP contribution < -0.4 is 5.56 Å². The fraction of sp³-hybridized carbons (Fsp3) is 0.222. The maximum absolute atomic E-state index is 11.6. The molecule has 0 saturated heterocycles. The number of halogens is 2. The van der Waals surface area contributed by atoms with E-state index in [4.69, 9.17) is 27.7 Å². The van der Waals surface area contributed by atoms with Gasteiger partial charge in [0.05, 0.1) is 16.9 Å². The first-order valence-corrected chi connectivity index (χ1v) is 5.17. The Hall–Kier alpha value is -1.33. The van der Waals surface area contributed by atoms with Crippen LogP contribution >= 0.6 is 23.2 Å². The van der Waals surface area contributed by atoms with Crippen LogP contribution in [0.1, 0.15) is 11.5 Å². The zero-order valence-electron chi connectivity index (χ0n) is 8.28. The smallest absolute Gasteiger partial charge is 0.287 e. The van der Waals surface area contributed by atoms with E-state index >= 15 is 0 Å². The Morgan fingerprint density at radius 2 is 2.25 bits per heavy atom. The Kier molecular flexibility index (Phi) is 2.98. The Labute approximate surface area is 101 Å². The van der Waals surface area contributed by atoms with Gasteiger partial charge in [0, 0.05) is 6.07 Å². The molecule has 0 radical (unpaired) electrons. The molecule has 0 spiro atoms. The van der Waals surface area contributed by atoms with Crippen LogP contribution in [0, 0.1) is 6.92 Å². The number of aromatic nitrogens is 3. The second-order valence-electron chi connectivity index (χ2n) is 3.20. The molecule has 2 rings (SSSR count). The maximum Gasteiger partial charge on any atom is 0.287 e. The second kappa shape index (κ2) is 4.27. The summed E-state index contributed by atoms with van der Waals surface area (Å²) in [6.07, 6.45) is 1.31. The zero-order valence-corrected chi connectivity index (χ0v) is 9.79. The number of hydrogen-bond donors (Lipinski definition) is 0. The van der Waals surface area contributed by atoms with Crippen LogP contribution in [0.2, 0.25) is 10.0 Å². The van der Waals surface area contributed by atoms with E-state index in [1.165, 1.54) is 6.20 Å². The van der Waals surface area contributed by atoms with E-state index in [0.29, 0.717) is 5.76 Å². The fourth-order valence-electron chi connectivity index (χ4n) is 1.20. The standard InChI is InChI=1S/C9H7Cl2N3O2/c1-5-2-6(16-13-5)4-14-9(15)8(11)7(10)3-12-14/h2-3H,4H2,1H3. The maximum atomic E-state index is 11.6. The molecular weight excluding hydrogens is 253 g/mol. The number of aryl methyl sites for hydroxylation is 1. The Morgan fingerprint density at radius 1 is 1.50 bits per heavy atom. The van der Waals surface area contributed by atoms with Crippen molar-refractivity contribution in [2.24, 2.45) is 0 Å². The Balaban J connectivity index is 2.36. The molecule has 2 aromatic rings. The molecule has 0 saturated carbocycles. The average Bonchev–Trinajstić information content (AvgIpc) is 2.65. The lowest BCUT2D eigenvalue weighted by Crippen LogP contribution is -2.23. The predicted molar refractivity (Wildman–Crippen MR) is 58.9 cm³/mol. The third-order valence-corrected chi connectivity index (χ3v) is 2.67. The highest BCUT2D eigenvalue weighted by Crippen LogP contribution is 2.15. The summed E-state index contributed by atoms with van der Waals surface area (Å²) in [7, 11) is 0. The summed E-state index contributed by atoms with van der Waals surface area (Å²) in [5, 5.41) is 7.64. The summed E-state index contributed by atoms with van der Waals surface area (Å²) in [5.41, 5.74) is 0.284. The molecule has 7 heteroatoms. The molecule has 0 aliphatic carbocycles. The molecule has 0 fully saturated rings. The Bertz CT molecular complexity index is 576. The van der Waals surface area contributed by atoms with Gasteiger partial charge in [-0.2, -0.15) is 5.10 Å². The van der Waals surface area contributed by atoms with Gasteiger partial charge in [-0.15, -0.1) is 0 Å². The van der Waals surface area contributed by atoms with Gasteiger partial charge in [0.2, 0.25) is 0 Å². The highest BCUT2D eigenvalue weighted by Gasteiger charge is 2.09. The molecule has 0 aliphatic rings. The highest BCUT2D eigenvalue weighted by atomic mass is 35.5. The molecular formula is C9H7Cl2N3O2. The van der Waals surface area contributed by atoms with Gasteiger partial charge in [0.25, 0.3) is 5.56 Å². The van der Waals surface area contributed by atoms with Crippen molar-refractivity contribution in [1.29, 1.82) is 0 Å². The minimum Gasteiger partial charge on any atom is -0.359 e. The lowest BCUT2D eigenvalue weighted by molar-refractivity contribution is 0.365. The van der Waals surface area contributed by atoms with Gasteiger partial charge in [-0.25, -0.2) is 4.68 Å². The molecule has 2 heterocycles. The van der Waals surface area contributed by atoms with Crippen LogP contribution in [0.3, 0.4) is 0 Å². The summed E-state index contributed by atoms with van der Waals surface area (Å²) in [6.45, 7) is 1.97. The van der Waals surface area contributed by atoms with E-state index < -0.39 is 5.56 Å². The monoisotopic (exact) mass is 259 g/mol. The number of hydrogen-bond acceptors (Lipinski definition) is 4. The van der Waals surface area contributed by atoms with E-state index in [1.54, 1.807) is 13.0 Å². The third kappa shape index (κ3) is 2.10. The lowest BCUT2D eigenvalue weighted by Gasteiger charge is -2.02. The van der Waals surface area contributed by atoms with E-state index in [0.717, 1.165) is 10.4 Å². The van der Waals surface area contributed by atoms with Gasteiger partial charge in [0.1, 0.15) is 11.6 Å². The molecule has 0 amide bonds. The van der Waals surface area contributed by atoms with Crippen molar-refractivity contribution in [1.82, 2.24) is 14.9 Å². The topological polar surface area (TPSA) is 60.9 Å². The molecule has 2 aromatic heterocycles.